The van der Waals surface area contributed by atoms with Gasteiger partial charge in [0.1, 0.15) is 0 Å². The van der Waals surface area contributed by atoms with Crippen LogP contribution < -0.4 is 0 Å². The highest BCUT2D eigenvalue weighted by Crippen LogP contribution is 2.06. The molecule has 0 fully saturated rings. The highest BCUT2D eigenvalue weighted by atomic mass is 28.4. The van der Waals surface area contributed by atoms with Crippen molar-refractivity contribution < 1.29 is 14.0 Å². The smallest absolute Gasteiger partial charge is 0.292 e. The first-order valence-corrected chi connectivity index (χ1v) is 8.07. The second kappa shape index (κ2) is 6.15. The number of carbonyl (C=O) groups excluding carboxylic acids is 1. The Bertz CT molecular complexity index is 151. The predicted molar refractivity (Wildman–Crippen MR) is 55.2 cm³/mol. The number of hydrogen-bond donors (Lipinski definition) is 0. The van der Waals surface area contributed by atoms with Crippen LogP contribution in [0, 0.1) is 0 Å². The molecule has 0 unspecified atom stereocenters. The number of hydrogen-bond acceptors (Lipinski definition) is 3. The molecule has 0 aliphatic carbocycles. The monoisotopic (exact) mass is 204 g/mol. The Hall–Kier alpha value is -0.353. The molecule has 0 spiro atoms. The van der Waals surface area contributed by atoms with Crippen LogP contribution in [0.2, 0.25) is 19.6 Å². The molecule has 78 valence electrons. The normalized spacial score (nSPS) is 11.4. The van der Waals surface area contributed by atoms with Crippen LogP contribution in [0.4, 0.5) is 0 Å². The Morgan fingerprint density at radius 1 is 1.23 bits per heavy atom. The summed E-state index contributed by atoms with van der Waals surface area (Å²) >= 11 is 0. The lowest BCUT2D eigenvalue weighted by molar-refractivity contribution is -0.135. The SMILES string of the molecule is COCCCCC(=O)O[Si](C)(C)C. The van der Waals surface area contributed by atoms with Gasteiger partial charge in [-0.25, -0.2) is 0 Å². The molecular formula is C9H20O3Si. The molecule has 0 rings (SSSR count). The van der Waals surface area contributed by atoms with Crippen molar-refractivity contribution in [3.8, 4) is 0 Å². The molecule has 0 heterocycles. The lowest BCUT2D eigenvalue weighted by atomic mass is 10.2. The Morgan fingerprint density at radius 3 is 2.31 bits per heavy atom. The maximum atomic E-state index is 11.2. The van der Waals surface area contributed by atoms with Gasteiger partial charge in [-0.15, -0.1) is 0 Å². The Kier molecular flexibility index (Phi) is 5.99. The maximum Gasteiger partial charge on any atom is 0.292 e. The Labute approximate surface area is 81.6 Å². The summed E-state index contributed by atoms with van der Waals surface area (Å²) in [6, 6.07) is 0. The van der Waals surface area contributed by atoms with Crippen molar-refractivity contribution in [2.75, 3.05) is 13.7 Å². The fourth-order valence-electron chi connectivity index (χ4n) is 0.908. The molecule has 0 aromatic rings. The summed E-state index contributed by atoms with van der Waals surface area (Å²) in [5.41, 5.74) is 0. The van der Waals surface area contributed by atoms with Crippen LogP contribution in [0.25, 0.3) is 0 Å². The molecule has 4 heteroatoms. The van der Waals surface area contributed by atoms with Crippen molar-refractivity contribution in [2.24, 2.45) is 0 Å². The van der Waals surface area contributed by atoms with Crippen LogP contribution in [-0.4, -0.2) is 28.0 Å². The summed E-state index contributed by atoms with van der Waals surface area (Å²) in [5.74, 6) is -0.0599. The molecule has 0 bridgehead atoms. The van der Waals surface area contributed by atoms with Gasteiger partial charge in [-0.05, 0) is 32.5 Å². The predicted octanol–water partition coefficient (Wildman–Crippen LogP) is 2.18. The lowest BCUT2D eigenvalue weighted by Gasteiger charge is -2.16. The van der Waals surface area contributed by atoms with E-state index in [-0.39, 0.29) is 5.97 Å². The zero-order valence-corrected chi connectivity index (χ0v) is 10.1. The van der Waals surface area contributed by atoms with Gasteiger partial charge in [0.25, 0.3) is 5.97 Å². The van der Waals surface area contributed by atoms with E-state index >= 15 is 0 Å². The van der Waals surface area contributed by atoms with E-state index in [4.69, 9.17) is 9.16 Å². The molecule has 0 saturated heterocycles. The molecule has 0 radical (unpaired) electrons. The fourth-order valence-corrected chi connectivity index (χ4v) is 1.69. The maximum absolute atomic E-state index is 11.2. The van der Waals surface area contributed by atoms with E-state index in [1.54, 1.807) is 7.11 Å². The largest absolute Gasteiger partial charge is 0.520 e. The van der Waals surface area contributed by atoms with Gasteiger partial charge in [0.2, 0.25) is 8.32 Å². The standard InChI is InChI=1S/C9H20O3Si/c1-11-8-6-5-7-9(10)12-13(2,3)4/h5-8H2,1-4H3. The molecule has 0 aliphatic rings. The molecule has 0 aromatic heterocycles. The van der Waals surface area contributed by atoms with E-state index in [9.17, 15) is 4.79 Å². The molecular weight excluding hydrogens is 184 g/mol. The van der Waals surface area contributed by atoms with Gasteiger partial charge in [0, 0.05) is 20.1 Å². The molecule has 0 aromatic carbocycles. The number of unbranched alkanes of at least 4 members (excludes halogenated alkanes) is 1. The second-order valence-electron chi connectivity index (χ2n) is 4.04. The fraction of sp³-hybridized carbons (Fsp3) is 0.889. The van der Waals surface area contributed by atoms with Crippen molar-refractivity contribution in [1.29, 1.82) is 0 Å². The summed E-state index contributed by atoms with van der Waals surface area (Å²) < 4.78 is 10.2. The average Bonchev–Trinajstić information content (AvgIpc) is 1.94. The highest BCUT2D eigenvalue weighted by molar-refractivity contribution is 6.71. The highest BCUT2D eigenvalue weighted by Gasteiger charge is 2.19. The van der Waals surface area contributed by atoms with Crippen LogP contribution in [0.5, 0.6) is 0 Å². The first kappa shape index (κ1) is 12.6. The van der Waals surface area contributed by atoms with Crippen LogP contribution in [0.1, 0.15) is 19.3 Å². The topological polar surface area (TPSA) is 35.5 Å². The van der Waals surface area contributed by atoms with Crippen LogP contribution in [-0.2, 0) is 14.0 Å². The van der Waals surface area contributed by atoms with Gasteiger partial charge in [-0.3, -0.25) is 4.79 Å². The molecule has 0 atom stereocenters. The average molecular weight is 204 g/mol. The van der Waals surface area contributed by atoms with Crippen molar-refractivity contribution in [1.82, 2.24) is 0 Å². The number of ether oxygens (including phenoxy) is 1. The van der Waals surface area contributed by atoms with E-state index in [1.807, 2.05) is 19.6 Å². The van der Waals surface area contributed by atoms with E-state index in [2.05, 4.69) is 0 Å². The summed E-state index contributed by atoms with van der Waals surface area (Å²) in [6.45, 7) is 6.76. The van der Waals surface area contributed by atoms with Crippen LogP contribution >= 0.6 is 0 Å². The quantitative estimate of drug-likeness (QED) is 0.491. The summed E-state index contributed by atoms with van der Waals surface area (Å²) in [7, 11) is -0.00252. The van der Waals surface area contributed by atoms with Crippen LogP contribution in [0.15, 0.2) is 0 Å². The van der Waals surface area contributed by atoms with E-state index < -0.39 is 8.32 Å². The molecule has 0 amide bonds. The Balaban J connectivity index is 3.41. The van der Waals surface area contributed by atoms with E-state index in [0.29, 0.717) is 6.42 Å². The summed E-state index contributed by atoms with van der Waals surface area (Å²) in [4.78, 5) is 11.2. The van der Waals surface area contributed by atoms with Gasteiger partial charge in [-0.2, -0.15) is 0 Å². The minimum absolute atomic E-state index is 0.0599. The van der Waals surface area contributed by atoms with Crippen molar-refractivity contribution >= 4 is 14.3 Å². The Morgan fingerprint density at radius 2 is 1.85 bits per heavy atom. The second-order valence-corrected chi connectivity index (χ2v) is 8.47. The molecule has 13 heavy (non-hydrogen) atoms. The van der Waals surface area contributed by atoms with Gasteiger partial charge >= 0.3 is 0 Å². The first-order chi connectivity index (χ1) is 5.95. The summed E-state index contributed by atoms with van der Waals surface area (Å²) in [6.07, 6.45) is 2.31. The number of rotatable bonds is 6. The van der Waals surface area contributed by atoms with E-state index in [1.165, 1.54) is 0 Å². The number of methoxy groups -OCH3 is 1. The van der Waals surface area contributed by atoms with Gasteiger partial charge < -0.3 is 9.16 Å². The van der Waals surface area contributed by atoms with Crippen molar-refractivity contribution in [3.63, 3.8) is 0 Å². The van der Waals surface area contributed by atoms with Gasteiger partial charge in [-0.1, -0.05) is 0 Å². The van der Waals surface area contributed by atoms with Crippen LogP contribution in [0.3, 0.4) is 0 Å². The molecule has 0 aliphatic heterocycles. The zero-order chi connectivity index (χ0) is 10.3. The number of carbonyl (C=O) groups is 1. The summed E-state index contributed by atoms with van der Waals surface area (Å²) in [5, 5.41) is 0. The van der Waals surface area contributed by atoms with Crippen molar-refractivity contribution in [3.05, 3.63) is 0 Å². The van der Waals surface area contributed by atoms with Gasteiger partial charge in [0.05, 0.1) is 0 Å². The molecule has 3 nitrogen and oxygen atoms in total. The third-order valence-corrected chi connectivity index (χ3v) is 2.24. The first-order valence-electron chi connectivity index (χ1n) is 4.66. The minimum atomic E-state index is -1.67. The minimum Gasteiger partial charge on any atom is -0.520 e. The third kappa shape index (κ3) is 9.56. The molecule has 0 N–H and O–H groups in total. The third-order valence-electron chi connectivity index (χ3n) is 1.40. The van der Waals surface area contributed by atoms with Crippen molar-refractivity contribution in [2.45, 2.75) is 38.9 Å². The van der Waals surface area contributed by atoms with E-state index in [0.717, 1.165) is 19.4 Å². The van der Waals surface area contributed by atoms with Gasteiger partial charge in [0.15, 0.2) is 0 Å². The molecule has 0 saturated carbocycles. The zero-order valence-electron chi connectivity index (χ0n) is 9.05. The lowest BCUT2D eigenvalue weighted by Crippen LogP contribution is -2.29.